The number of benzene rings is 1. The zero-order valence-electron chi connectivity index (χ0n) is 15.8. The quantitative estimate of drug-likeness (QED) is 0.634. The van der Waals surface area contributed by atoms with Crippen molar-refractivity contribution in [3.8, 4) is 5.95 Å². The zero-order chi connectivity index (χ0) is 19.7. The minimum absolute atomic E-state index is 0.242. The predicted molar refractivity (Wildman–Crippen MR) is 109 cm³/mol. The van der Waals surface area contributed by atoms with Crippen LogP contribution < -0.4 is 4.80 Å². The Bertz CT molecular complexity index is 1070. The van der Waals surface area contributed by atoms with E-state index in [4.69, 9.17) is 5.41 Å². The second kappa shape index (κ2) is 7.97. The molecule has 0 spiro atoms. The lowest BCUT2D eigenvalue weighted by atomic mass is 10.1. The third-order valence-electron chi connectivity index (χ3n) is 4.49. The fourth-order valence-electron chi connectivity index (χ4n) is 2.79. The van der Waals surface area contributed by atoms with Crippen molar-refractivity contribution in [1.29, 1.82) is 5.41 Å². The number of Topliss-reactive ketones (excluding diaryl/α,β-unsaturated/α-hetero) is 1. The standard InChI is InChI=1S/C20H21N5OS2/c1-3-15(26)10-13-4-8-16(9-5-13)28-20-23-17(14-6-7-14)22-19(24-20)25-11-12(2)27-18(25)21/h4-5,8-9,11,14,21H,3,6-7,10H2,1-2H3. The van der Waals surface area contributed by atoms with E-state index in [1.165, 1.54) is 23.1 Å². The monoisotopic (exact) mass is 411 g/mol. The molecule has 1 aromatic carbocycles. The Hall–Kier alpha value is -2.32. The molecular formula is C20H21N5OS2. The summed E-state index contributed by atoms with van der Waals surface area (Å²) in [6.07, 6.45) is 5.14. The molecule has 8 heteroatoms. The van der Waals surface area contributed by atoms with Crippen LogP contribution in [0.15, 0.2) is 40.5 Å². The van der Waals surface area contributed by atoms with Crippen LogP contribution >= 0.6 is 23.1 Å². The highest BCUT2D eigenvalue weighted by molar-refractivity contribution is 7.99. The number of nitrogens with one attached hydrogen (secondary N) is 1. The van der Waals surface area contributed by atoms with E-state index in [2.05, 4.69) is 15.0 Å². The highest BCUT2D eigenvalue weighted by Crippen LogP contribution is 2.39. The first-order valence-corrected chi connectivity index (χ1v) is 10.9. The number of aromatic nitrogens is 4. The third kappa shape index (κ3) is 4.39. The van der Waals surface area contributed by atoms with Crippen molar-refractivity contribution in [2.24, 2.45) is 0 Å². The van der Waals surface area contributed by atoms with E-state index in [0.717, 1.165) is 34.0 Å². The molecule has 1 N–H and O–H groups in total. The molecule has 0 amide bonds. The van der Waals surface area contributed by atoms with E-state index in [1.54, 1.807) is 4.57 Å². The Morgan fingerprint density at radius 2 is 2.00 bits per heavy atom. The van der Waals surface area contributed by atoms with E-state index < -0.39 is 0 Å². The normalized spacial score (nSPS) is 13.6. The fraction of sp³-hybridized carbons (Fsp3) is 0.350. The molecule has 4 rings (SSSR count). The van der Waals surface area contributed by atoms with Crippen LogP contribution in [-0.2, 0) is 11.2 Å². The summed E-state index contributed by atoms with van der Waals surface area (Å²) in [7, 11) is 0. The molecule has 0 unspecified atom stereocenters. The molecule has 1 saturated carbocycles. The molecule has 1 aliphatic rings. The molecule has 144 valence electrons. The number of nitrogens with zero attached hydrogens (tertiary/aromatic N) is 4. The van der Waals surface area contributed by atoms with E-state index in [9.17, 15) is 4.79 Å². The van der Waals surface area contributed by atoms with Gasteiger partial charge in [0.2, 0.25) is 5.95 Å². The van der Waals surface area contributed by atoms with Gasteiger partial charge >= 0.3 is 0 Å². The molecule has 3 aromatic rings. The number of hydrogen-bond donors (Lipinski definition) is 1. The average Bonchev–Trinajstić information content (AvgIpc) is 3.47. The first-order valence-electron chi connectivity index (χ1n) is 9.30. The molecule has 0 saturated heterocycles. The van der Waals surface area contributed by atoms with Gasteiger partial charge in [-0.2, -0.15) is 9.97 Å². The first-order chi connectivity index (χ1) is 13.5. The minimum atomic E-state index is 0.242. The summed E-state index contributed by atoms with van der Waals surface area (Å²) >= 11 is 2.89. The van der Waals surface area contributed by atoms with Gasteiger partial charge in [-0.15, -0.1) is 11.3 Å². The molecule has 0 bridgehead atoms. The van der Waals surface area contributed by atoms with Crippen LogP contribution in [0.4, 0.5) is 0 Å². The molecule has 0 radical (unpaired) electrons. The van der Waals surface area contributed by atoms with Crippen LogP contribution in [0, 0.1) is 12.3 Å². The Morgan fingerprint density at radius 3 is 2.61 bits per heavy atom. The van der Waals surface area contributed by atoms with Gasteiger partial charge in [-0.3, -0.25) is 14.8 Å². The van der Waals surface area contributed by atoms with Crippen LogP contribution in [0.3, 0.4) is 0 Å². The molecule has 6 nitrogen and oxygen atoms in total. The van der Waals surface area contributed by atoms with Crippen LogP contribution in [0.2, 0.25) is 0 Å². The van der Waals surface area contributed by atoms with Crippen molar-refractivity contribution in [3.63, 3.8) is 0 Å². The summed E-state index contributed by atoms with van der Waals surface area (Å²) in [5.41, 5.74) is 1.02. The molecule has 2 heterocycles. The van der Waals surface area contributed by atoms with Crippen molar-refractivity contribution in [2.75, 3.05) is 0 Å². The summed E-state index contributed by atoms with van der Waals surface area (Å²) in [4.78, 5) is 28.0. The second-order valence-electron chi connectivity index (χ2n) is 6.88. The summed E-state index contributed by atoms with van der Waals surface area (Å²) in [6, 6.07) is 7.97. The first kappa shape index (κ1) is 19.0. The fourth-order valence-corrected chi connectivity index (χ4v) is 4.23. The number of ketones is 1. The number of hydrogen-bond acceptors (Lipinski definition) is 7. The maximum absolute atomic E-state index is 11.6. The van der Waals surface area contributed by atoms with Crippen LogP contribution in [0.5, 0.6) is 0 Å². The SMILES string of the molecule is CCC(=O)Cc1ccc(Sc2nc(C3CC3)nc(-n3cc(C)sc3=N)n2)cc1. The van der Waals surface area contributed by atoms with E-state index >= 15 is 0 Å². The van der Waals surface area contributed by atoms with Gasteiger partial charge in [0.05, 0.1) is 0 Å². The number of carbonyl (C=O) groups excluding carboxylic acids is 1. The Balaban J connectivity index is 1.61. The van der Waals surface area contributed by atoms with E-state index in [-0.39, 0.29) is 5.78 Å². The van der Waals surface area contributed by atoms with Gasteiger partial charge < -0.3 is 0 Å². The van der Waals surface area contributed by atoms with Crippen LogP contribution in [-0.4, -0.2) is 25.3 Å². The summed E-state index contributed by atoms with van der Waals surface area (Å²) in [5.74, 6) is 1.97. The van der Waals surface area contributed by atoms with Crippen LogP contribution in [0.25, 0.3) is 5.95 Å². The Morgan fingerprint density at radius 1 is 1.25 bits per heavy atom. The predicted octanol–water partition coefficient (Wildman–Crippen LogP) is 4.06. The highest BCUT2D eigenvalue weighted by Gasteiger charge is 2.28. The number of aryl methyl sites for hydroxylation is 1. The summed E-state index contributed by atoms with van der Waals surface area (Å²) < 4.78 is 1.72. The molecule has 1 aliphatic carbocycles. The molecule has 0 atom stereocenters. The van der Waals surface area contributed by atoms with Gasteiger partial charge in [-0.05, 0) is 49.2 Å². The second-order valence-corrected chi connectivity index (χ2v) is 9.16. The van der Waals surface area contributed by atoms with E-state index in [1.807, 2.05) is 44.3 Å². The van der Waals surface area contributed by atoms with Gasteiger partial charge in [-0.25, -0.2) is 4.98 Å². The zero-order valence-corrected chi connectivity index (χ0v) is 17.4. The minimum Gasteiger partial charge on any atom is -0.299 e. The Labute approximate surface area is 171 Å². The summed E-state index contributed by atoms with van der Waals surface area (Å²) in [5, 5.41) is 8.80. The third-order valence-corrected chi connectivity index (χ3v) is 6.18. The highest BCUT2D eigenvalue weighted by atomic mass is 32.2. The molecule has 2 aromatic heterocycles. The van der Waals surface area contributed by atoms with Gasteiger partial charge in [0.25, 0.3) is 0 Å². The number of rotatable bonds is 7. The van der Waals surface area contributed by atoms with Crippen molar-refractivity contribution in [3.05, 3.63) is 51.5 Å². The maximum Gasteiger partial charge on any atom is 0.240 e. The molecule has 0 aliphatic heterocycles. The van der Waals surface area contributed by atoms with E-state index in [0.29, 0.717) is 34.7 Å². The van der Waals surface area contributed by atoms with Crippen molar-refractivity contribution < 1.29 is 4.79 Å². The molecule has 1 fully saturated rings. The number of thiazole rings is 1. The molecule has 28 heavy (non-hydrogen) atoms. The lowest BCUT2D eigenvalue weighted by Crippen LogP contribution is -2.15. The molecular weight excluding hydrogens is 390 g/mol. The smallest absolute Gasteiger partial charge is 0.240 e. The van der Waals surface area contributed by atoms with Gasteiger partial charge in [-0.1, -0.05) is 19.1 Å². The van der Waals surface area contributed by atoms with Crippen LogP contribution in [0.1, 0.15) is 48.4 Å². The Kier molecular flexibility index (Phi) is 5.41. The lowest BCUT2D eigenvalue weighted by molar-refractivity contribution is -0.118. The topological polar surface area (TPSA) is 84.5 Å². The maximum atomic E-state index is 11.6. The van der Waals surface area contributed by atoms with Crippen molar-refractivity contribution in [1.82, 2.24) is 19.5 Å². The van der Waals surface area contributed by atoms with Crippen molar-refractivity contribution >= 4 is 28.9 Å². The van der Waals surface area contributed by atoms with Gasteiger partial charge in [0, 0.05) is 34.7 Å². The average molecular weight is 412 g/mol. The van der Waals surface area contributed by atoms with Gasteiger partial charge in [0.15, 0.2) is 9.96 Å². The van der Waals surface area contributed by atoms with Gasteiger partial charge in [0.1, 0.15) is 11.6 Å². The van der Waals surface area contributed by atoms with Crippen molar-refractivity contribution in [2.45, 2.75) is 55.5 Å². The largest absolute Gasteiger partial charge is 0.299 e. The number of carbonyl (C=O) groups is 1. The summed E-state index contributed by atoms with van der Waals surface area (Å²) in [6.45, 7) is 3.86. The lowest BCUT2D eigenvalue weighted by Gasteiger charge is -2.07.